The third kappa shape index (κ3) is 3.81. The van der Waals surface area contributed by atoms with Crippen LogP contribution in [0.3, 0.4) is 0 Å². The molecule has 1 atom stereocenters. The smallest absolute Gasteiger partial charge is 0.416 e. The average molecular weight is 456 g/mol. The number of hydrogen-bond donors (Lipinski definition) is 1. The summed E-state index contributed by atoms with van der Waals surface area (Å²) in [5.41, 5.74) is 4.33. The molecule has 7 nitrogen and oxygen atoms in total. The Bertz CT molecular complexity index is 1380. The van der Waals surface area contributed by atoms with Gasteiger partial charge in [-0.1, -0.05) is 24.3 Å². The minimum absolute atomic E-state index is 0.267. The van der Waals surface area contributed by atoms with Gasteiger partial charge in [0.15, 0.2) is 0 Å². The largest absolute Gasteiger partial charge is 0.497 e. The molecule has 1 unspecified atom stereocenters. The maximum absolute atomic E-state index is 12.4. The van der Waals surface area contributed by atoms with E-state index in [9.17, 15) is 4.79 Å². The van der Waals surface area contributed by atoms with Gasteiger partial charge in [0, 0.05) is 29.2 Å². The number of oxazole rings is 1. The topological polar surface area (TPSA) is 76.9 Å². The molecule has 34 heavy (non-hydrogen) atoms. The zero-order chi connectivity index (χ0) is 23.7. The fraction of sp³-hybridized carbons (Fsp3) is 0.148. The minimum Gasteiger partial charge on any atom is -0.497 e. The third-order valence-corrected chi connectivity index (χ3v) is 5.91. The van der Waals surface area contributed by atoms with E-state index < -0.39 is 5.76 Å². The van der Waals surface area contributed by atoms with Crippen LogP contribution in [0.2, 0.25) is 0 Å². The molecule has 1 N–H and O–H groups in total. The van der Waals surface area contributed by atoms with E-state index in [0.29, 0.717) is 23.0 Å². The molecule has 2 heterocycles. The highest BCUT2D eigenvalue weighted by molar-refractivity contribution is 5.75. The second-order valence-corrected chi connectivity index (χ2v) is 7.80. The van der Waals surface area contributed by atoms with E-state index in [1.54, 1.807) is 27.4 Å². The summed E-state index contributed by atoms with van der Waals surface area (Å²) in [5, 5.41) is 0. The Kier molecular flexibility index (Phi) is 5.59. The molecule has 0 saturated carbocycles. The first-order chi connectivity index (χ1) is 16.6. The average Bonchev–Trinajstić information content (AvgIpc) is 3.29. The standard InChI is InChI=1S/C27H24N2O5/c1-31-19-10-8-18(9-11-19)29-13-12-23(22-6-4-5-7-24(22)29)26-25(28-27(30)34-26)17-14-20(32-2)16-21(15-17)33-3/h4-16,23H,1-3H3,(H,28,30). The van der Waals surface area contributed by atoms with Crippen molar-refractivity contribution in [3.8, 4) is 28.5 Å². The monoisotopic (exact) mass is 456 g/mol. The van der Waals surface area contributed by atoms with Crippen LogP contribution in [0.4, 0.5) is 11.4 Å². The van der Waals surface area contributed by atoms with Crippen LogP contribution < -0.4 is 24.9 Å². The molecule has 172 valence electrons. The highest BCUT2D eigenvalue weighted by Crippen LogP contribution is 2.43. The normalized spacial score (nSPS) is 14.6. The number of aromatic amines is 1. The lowest BCUT2D eigenvalue weighted by atomic mass is 9.89. The predicted molar refractivity (Wildman–Crippen MR) is 130 cm³/mol. The number of hydrogen-bond acceptors (Lipinski definition) is 6. The molecular formula is C27H24N2O5. The van der Waals surface area contributed by atoms with Gasteiger partial charge in [-0.15, -0.1) is 0 Å². The summed E-state index contributed by atoms with van der Waals surface area (Å²) in [7, 11) is 4.83. The van der Waals surface area contributed by atoms with E-state index in [1.165, 1.54) is 0 Å². The van der Waals surface area contributed by atoms with Gasteiger partial charge >= 0.3 is 5.76 Å². The Morgan fingerprint density at radius 2 is 1.53 bits per heavy atom. The summed E-state index contributed by atoms with van der Waals surface area (Å²) in [6, 6.07) is 21.4. The van der Waals surface area contributed by atoms with Crippen LogP contribution in [-0.2, 0) is 0 Å². The van der Waals surface area contributed by atoms with Crippen molar-refractivity contribution in [1.82, 2.24) is 4.98 Å². The van der Waals surface area contributed by atoms with Crippen molar-refractivity contribution in [1.29, 1.82) is 0 Å². The van der Waals surface area contributed by atoms with Crippen LogP contribution >= 0.6 is 0 Å². The number of anilines is 2. The summed E-state index contributed by atoms with van der Waals surface area (Å²) >= 11 is 0. The summed E-state index contributed by atoms with van der Waals surface area (Å²) in [6.45, 7) is 0. The molecule has 1 aliphatic rings. The molecule has 0 bridgehead atoms. The van der Waals surface area contributed by atoms with E-state index >= 15 is 0 Å². The number of rotatable bonds is 6. The van der Waals surface area contributed by atoms with Crippen molar-refractivity contribution in [2.24, 2.45) is 0 Å². The number of fused-ring (bicyclic) bond motifs is 1. The van der Waals surface area contributed by atoms with E-state index in [2.05, 4.69) is 16.0 Å². The molecule has 0 radical (unpaired) electrons. The number of ether oxygens (including phenoxy) is 3. The van der Waals surface area contributed by atoms with Gasteiger partial charge in [0.25, 0.3) is 0 Å². The number of para-hydroxylation sites is 1. The van der Waals surface area contributed by atoms with Crippen molar-refractivity contribution in [2.75, 3.05) is 26.2 Å². The quantitative estimate of drug-likeness (QED) is 0.415. The van der Waals surface area contributed by atoms with Gasteiger partial charge in [-0.3, -0.25) is 4.98 Å². The number of methoxy groups -OCH3 is 3. The number of allylic oxidation sites excluding steroid dienone is 1. The lowest BCUT2D eigenvalue weighted by Gasteiger charge is -2.30. The number of aromatic nitrogens is 1. The first-order valence-corrected chi connectivity index (χ1v) is 10.8. The maximum atomic E-state index is 12.4. The van der Waals surface area contributed by atoms with Crippen molar-refractivity contribution in [3.63, 3.8) is 0 Å². The van der Waals surface area contributed by atoms with Gasteiger partial charge in [-0.05, 0) is 48.0 Å². The van der Waals surface area contributed by atoms with E-state index in [0.717, 1.165) is 28.3 Å². The zero-order valence-electron chi connectivity index (χ0n) is 19.1. The molecule has 0 amide bonds. The van der Waals surface area contributed by atoms with Gasteiger partial charge in [-0.25, -0.2) is 4.79 Å². The summed E-state index contributed by atoms with van der Waals surface area (Å²) in [6.07, 6.45) is 4.03. The molecule has 4 aromatic rings. The number of H-pyrrole nitrogens is 1. The van der Waals surface area contributed by atoms with Crippen molar-refractivity contribution >= 4 is 11.4 Å². The van der Waals surface area contributed by atoms with Gasteiger partial charge in [0.1, 0.15) is 23.0 Å². The van der Waals surface area contributed by atoms with Gasteiger partial charge in [0.2, 0.25) is 0 Å². The Morgan fingerprint density at radius 3 is 2.21 bits per heavy atom. The van der Waals surface area contributed by atoms with Crippen molar-refractivity contribution in [2.45, 2.75) is 5.92 Å². The number of benzene rings is 3. The maximum Gasteiger partial charge on any atom is 0.416 e. The molecular weight excluding hydrogens is 432 g/mol. The van der Waals surface area contributed by atoms with Crippen LogP contribution in [0.25, 0.3) is 11.3 Å². The van der Waals surface area contributed by atoms with Gasteiger partial charge < -0.3 is 23.5 Å². The first kappa shape index (κ1) is 21.5. The van der Waals surface area contributed by atoms with Crippen LogP contribution in [-0.4, -0.2) is 26.3 Å². The van der Waals surface area contributed by atoms with Crippen LogP contribution in [0.15, 0.2) is 88.2 Å². The lowest BCUT2D eigenvalue weighted by Crippen LogP contribution is -2.17. The van der Waals surface area contributed by atoms with Gasteiger partial charge in [0.05, 0.1) is 32.9 Å². The highest BCUT2D eigenvalue weighted by atomic mass is 16.5. The van der Waals surface area contributed by atoms with E-state index in [1.807, 2.05) is 66.9 Å². The summed E-state index contributed by atoms with van der Waals surface area (Å²) in [4.78, 5) is 17.3. The fourth-order valence-corrected chi connectivity index (χ4v) is 4.25. The van der Waals surface area contributed by atoms with E-state index in [4.69, 9.17) is 18.6 Å². The Morgan fingerprint density at radius 1 is 0.853 bits per heavy atom. The lowest BCUT2D eigenvalue weighted by molar-refractivity contribution is 0.394. The molecule has 3 aromatic carbocycles. The third-order valence-electron chi connectivity index (χ3n) is 5.91. The predicted octanol–water partition coefficient (Wildman–Crippen LogP) is 5.46. The minimum atomic E-state index is -0.518. The summed E-state index contributed by atoms with van der Waals surface area (Å²) in [5.74, 6) is 1.77. The van der Waals surface area contributed by atoms with Crippen LogP contribution in [0, 0.1) is 0 Å². The molecule has 0 fully saturated rings. The molecule has 0 aliphatic carbocycles. The molecule has 7 heteroatoms. The number of nitrogens with one attached hydrogen (secondary N) is 1. The fourth-order valence-electron chi connectivity index (χ4n) is 4.25. The highest BCUT2D eigenvalue weighted by Gasteiger charge is 2.29. The van der Waals surface area contributed by atoms with Crippen LogP contribution in [0.5, 0.6) is 17.2 Å². The van der Waals surface area contributed by atoms with Crippen molar-refractivity contribution < 1.29 is 18.6 Å². The molecule has 5 rings (SSSR count). The van der Waals surface area contributed by atoms with Crippen molar-refractivity contribution in [3.05, 3.63) is 101 Å². The SMILES string of the molecule is COc1ccc(N2C=CC(c3oc(=O)[nH]c3-c3cc(OC)cc(OC)c3)c3ccccc32)cc1. The molecule has 1 aliphatic heterocycles. The molecule has 0 spiro atoms. The van der Waals surface area contributed by atoms with E-state index in [-0.39, 0.29) is 5.92 Å². The first-order valence-electron chi connectivity index (χ1n) is 10.8. The Labute approximate surface area is 196 Å². The zero-order valence-corrected chi connectivity index (χ0v) is 19.1. The second kappa shape index (κ2) is 8.86. The van der Waals surface area contributed by atoms with Gasteiger partial charge in [-0.2, -0.15) is 0 Å². The number of nitrogens with zero attached hydrogens (tertiary/aromatic N) is 1. The Hall–Kier alpha value is -4.39. The summed E-state index contributed by atoms with van der Waals surface area (Å²) < 4.78 is 21.8. The molecule has 1 aromatic heterocycles. The second-order valence-electron chi connectivity index (χ2n) is 7.80. The Balaban J connectivity index is 1.61. The van der Waals surface area contributed by atoms with Crippen LogP contribution in [0.1, 0.15) is 17.2 Å². The molecule has 0 saturated heterocycles.